The van der Waals surface area contributed by atoms with Gasteiger partial charge in [-0.1, -0.05) is 18.5 Å². The van der Waals surface area contributed by atoms with E-state index in [2.05, 4.69) is 39.7 Å². The normalized spacial score (nSPS) is 10.7. The molecule has 0 spiro atoms. The molecule has 0 fully saturated rings. The Kier molecular flexibility index (Phi) is 3.98. The van der Waals surface area contributed by atoms with Gasteiger partial charge in [0, 0.05) is 15.7 Å². The molecule has 90 valence electrons. The molecule has 0 aliphatic heterocycles. The number of hydrogen-bond donors (Lipinski definition) is 1. The monoisotopic (exact) mass is 343 g/mol. The molecule has 2 N–H and O–H groups in total. The van der Waals surface area contributed by atoms with Crippen LogP contribution in [0.25, 0.3) is 11.5 Å². The summed E-state index contributed by atoms with van der Waals surface area (Å²) < 4.78 is 6.34. The van der Waals surface area contributed by atoms with Crippen LogP contribution < -0.4 is 5.73 Å². The molecule has 4 nitrogen and oxygen atoms in total. The summed E-state index contributed by atoms with van der Waals surface area (Å²) in [5.41, 5.74) is 7.37. The van der Waals surface area contributed by atoms with Crippen LogP contribution in [0.3, 0.4) is 0 Å². The van der Waals surface area contributed by atoms with Crippen LogP contribution in [0.1, 0.15) is 25.6 Å². The summed E-state index contributed by atoms with van der Waals surface area (Å²) in [7, 11) is 0. The van der Waals surface area contributed by atoms with Gasteiger partial charge in [0.05, 0.1) is 5.56 Å². The predicted octanol–water partition coefficient (Wildman–Crippen LogP) is 3.27. The van der Waals surface area contributed by atoms with Crippen molar-refractivity contribution >= 4 is 28.3 Å². The number of nitrogens with two attached hydrogens (primary N) is 1. The summed E-state index contributed by atoms with van der Waals surface area (Å²) in [6.45, 7) is 2.14. The summed E-state index contributed by atoms with van der Waals surface area (Å²) in [4.78, 5) is 4.36. The first-order valence-corrected chi connectivity index (χ1v) is 6.66. The van der Waals surface area contributed by atoms with Crippen molar-refractivity contribution < 1.29 is 4.52 Å². The Balaban J connectivity index is 2.27. The summed E-state index contributed by atoms with van der Waals surface area (Å²) in [5, 5.41) is 3.96. The number of anilines is 1. The highest BCUT2D eigenvalue weighted by atomic mass is 127. The molecule has 2 rings (SSSR count). The molecule has 1 aromatic heterocycles. The highest BCUT2D eigenvalue weighted by Crippen LogP contribution is 2.26. The standard InChI is InChI=1S/C12H14IN3O/c1-2-3-4-11-15-12(17-16-11)9-7-8(13)5-6-10(9)14/h5-7H,2-4,14H2,1H3. The van der Waals surface area contributed by atoms with E-state index in [9.17, 15) is 0 Å². The van der Waals surface area contributed by atoms with Crippen LogP contribution in [0.5, 0.6) is 0 Å². The van der Waals surface area contributed by atoms with Gasteiger partial charge in [-0.15, -0.1) is 0 Å². The van der Waals surface area contributed by atoms with Crippen LogP contribution in [0, 0.1) is 3.57 Å². The minimum atomic E-state index is 0.507. The number of hydrogen-bond acceptors (Lipinski definition) is 4. The quantitative estimate of drug-likeness (QED) is 0.684. The first-order chi connectivity index (χ1) is 8.20. The van der Waals surface area contributed by atoms with Gasteiger partial charge in [0.2, 0.25) is 0 Å². The molecular weight excluding hydrogens is 329 g/mol. The lowest BCUT2D eigenvalue weighted by atomic mass is 10.2. The first-order valence-electron chi connectivity index (χ1n) is 5.58. The van der Waals surface area contributed by atoms with Crippen molar-refractivity contribution in [2.24, 2.45) is 0 Å². The van der Waals surface area contributed by atoms with Crippen LogP contribution in [0.2, 0.25) is 0 Å². The second kappa shape index (κ2) is 5.48. The van der Waals surface area contributed by atoms with Gasteiger partial charge < -0.3 is 10.3 Å². The van der Waals surface area contributed by atoms with Gasteiger partial charge in [-0.25, -0.2) is 0 Å². The lowest BCUT2D eigenvalue weighted by molar-refractivity contribution is 0.421. The van der Waals surface area contributed by atoms with Crippen LogP contribution in [0.4, 0.5) is 5.69 Å². The molecule has 0 saturated heterocycles. The van der Waals surface area contributed by atoms with Crippen LogP contribution in [0.15, 0.2) is 22.7 Å². The second-order valence-corrected chi connectivity index (χ2v) is 5.10. The molecule has 0 radical (unpaired) electrons. The molecule has 1 heterocycles. The number of benzene rings is 1. The Morgan fingerprint density at radius 1 is 1.41 bits per heavy atom. The van der Waals surface area contributed by atoms with Crippen LogP contribution >= 0.6 is 22.6 Å². The molecule has 0 aliphatic carbocycles. The summed E-state index contributed by atoms with van der Waals surface area (Å²) in [6, 6.07) is 5.76. The minimum absolute atomic E-state index is 0.507. The third-order valence-electron chi connectivity index (χ3n) is 2.47. The predicted molar refractivity (Wildman–Crippen MR) is 75.5 cm³/mol. The van der Waals surface area contributed by atoms with Gasteiger partial charge in [-0.3, -0.25) is 0 Å². The van der Waals surface area contributed by atoms with E-state index in [0.717, 1.165) is 34.2 Å². The van der Waals surface area contributed by atoms with Crippen molar-refractivity contribution in [3.8, 4) is 11.5 Å². The molecule has 0 unspecified atom stereocenters. The Bertz CT molecular complexity index is 510. The number of aryl methyl sites for hydroxylation is 1. The van der Waals surface area contributed by atoms with Crippen molar-refractivity contribution in [1.29, 1.82) is 0 Å². The molecule has 0 saturated carbocycles. The Hall–Kier alpha value is -1.11. The van der Waals surface area contributed by atoms with Crippen molar-refractivity contribution in [3.05, 3.63) is 27.6 Å². The van der Waals surface area contributed by atoms with Crippen molar-refractivity contribution in [2.75, 3.05) is 5.73 Å². The third-order valence-corrected chi connectivity index (χ3v) is 3.14. The lowest BCUT2D eigenvalue weighted by Gasteiger charge is -2.00. The summed E-state index contributed by atoms with van der Waals surface area (Å²) in [6.07, 6.45) is 3.04. The Morgan fingerprint density at radius 2 is 2.24 bits per heavy atom. The molecule has 5 heteroatoms. The highest BCUT2D eigenvalue weighted by molar-refractivity contribution is 14.1. The zero-order chi connectivity index (χ0) is 12.3. The van der Waals surface area contributed by atoms with E-state index < -0.39 is 0 Å². The van der Waals surface area contributed by atoms with E-state index in [0.29, 0.717) is 11.6 Å². The topological polar surface area (TPSA) is 64.9 Å². The average Bonchev–Trinajstić information content (AvgIpc) is 2.78. The highest BCUT2D eigenvalue weighted by Gasteiger charge is 2.11. The van der Waals surface area contributed by atoms with Gasteiger partial charge in [-0.05, 0) is 47.2 Å². The number of halogens is 1. The maximum atomic E-state index is 5.90. The van der Waals surface area contributed by atoms with E-state index >= 15 is 0 Å². The van der Waals surface area contributed by atoms with E-state index in [4.69, 9.17) is 10.3 Å². The number of nitrogens with zero attached hydrogens (tertiary/aromatic N) is 2. The molecule has 17 heavy (non-hydrogen) atoms. The lowest BCUT2D eigenvalue weighted by Crippen LogP contribution is -1.91. The number of aromatic nitrogens is 2. The Morgan fingerprint density at radius 3 is 3.00 bits per heavy atom. The summed E-state index contributed by atoms with van der Waals surface area (Å²) in [5.74, 6) is 1.26. The van der Waals surface area contributed by atoms with Gasteiger partial charge in [-0.2, -0.15) is 4.98 Å². The SMILES string of the molecule is CCCCc1noc(-c2cc(I)ccc2N)n1. The number of rotatable bonds is 4. The maximum Gasteiger partial charge on any atom is 0.260 e. The third kappa shape index (κ3) is 2.96. The number of unbranched alkanes of at least 4 members (excludes halogenated alkanes) is 1. The van der Waals surface area contributed by atoms with Crippen LogP contribution in [-0.4, -0.2) is 10.1 Å². The molecular formula is C12H14IN3O. The van der Waals surface area contributed by atoms with Gasteiger partial charge >= 0.3 is 0 Å². The fraction of sp³-hybridized carbons (Fsp3) is 0.333. The zero-order valence-electron chi connectivity index (χ0n) is 9.61. The fourth-order valence-corrected chi connectivity index (χ4v) is 2.00. The van der Waals surface area contributed by atoms with E-state index in [-0.39, 0.29) is 0 Å². The van der Waals surface area contributed by atoms with Crippen LogP contribution in [-0.2, 0) is 6.42 Å². The number of nitrogen functional groups attached to an aromatic ring is 1. The zero-order valence-corrected chi connectivity index (χ0v) is 11.8. The minimum Gasteiger partial charge on any atom is -0.398 e. The Labute approximate surface area is 114 Å². The summed E-state index contributed by atoms with van der Waals surface area (Å²) >= 11 is 2.23. The van der Waals surface area contributed by atoms with E-state index in [1.165, 1.54) is 0 Å². The molecule has 2 aromatic rings. The fourth-order valence-electron chi connectivity index (χ4n) is 1.51. The molecule has 0 bridgehead atoms. The van der Waals surface area contributed by atoms with Crippen molar-refractivity contribution in [1.82, 2.24) is 10.1 Å². The first kappa shape index (κ1) is 12.3. The van der Waals surface area contributed by atoms with Gasteiger partial charge in [0.15, 0.2) is 5.82 Å². The van der Waals surface area contributed by atoms with Gasteiger partial charge in [0.25, 0.3) is 5.89 Å². The van der Waals surface area contributed by atoms with Gasteiger partial charge in [0.1, 0.15) is 0 Å². The molecule has 0 atom stereocenters. The second-order valence-electron chi connectivity index (χ2n) is 3.85. The maximum absolute atomic E-state index is 5.90. The van der Waals surface area contributed by atoms with Crippen molar-refractivity contribution in [2.45, 2.75) is 26.2 Å². The van der Waals surface area contributed by atoms with E-state index in [1.807, 2.05) is 18.2 Å². The average molecular weight is 343 g/mol. The molecule has 0 aliphatic rings. The van der Waals surface area contributed by atoms with Crippen molar-refractivity contribution in [3.63, 3.8) is 0 Å². The molecule has 1 aromatic carbocycles. The smallest absolute Gasteiger partial charge is 0.260 e. The van der Waals surface area contributed by atoms with E-state index in [1.54, 1.807) is 0 Å². The largest absolute Gasteiger partial charge is 0.398 e. The molecule has 0 amide bonds.